The van der Waals surface area contributed by atoms with Crippen LogP contribution in [0.25, 0.3) is 11.0 Å². The minimum absolute atomic E-state index is 0.0502. The summed E-state index contributed by atoms with van der Waals surface area (Å²) in [6.45, 7) is 2.06. The highest BCUT2D eigenvalue weighted by atomic mass is 16.3. The molecule has 0 saturated heterocycles. The van der Waals surface area contributed by atoms with Gasteiger partial charge in [-0.15, -0.1) is 0 Å². The summed E-state index contributed by atoms with van der Waals surface area (Å²) in [4.78, 5) is 4.67. The molecule has 0 amide bonds. The van der Waals surface area contributed by atoms with Crippen molar-refractivity contribution < 1.29 is 5.11 Å². The number of benzene rings is 2. The highest BCUT2D eigenvalue weighted by Crippen LogP contribution is 2.24. The zero-order chi connectivity index (χ0) is 14.1. The number of aromatic nitrogens is 2. The average molecular weight is 267 g/mol. The second-order valence-corrected chi connectivity index (χ2v) is 4.93. The number of imidazole rings is 1. The van der Waals surface area contributed by atoms with Crippen molar-refractivity contribution in [2.24, 2.45) is 7.05 Å². The summed E-state index contributed by atoms with van der Waals surface area (Å²) in [7, 11) is 2.02. The standard InChI is InChI=1S/C16H17N3O/c1-11(17-12-6-5-7-13(20)10-12)16-18-14-8-3-4-9-15(14)19(16)2/h3-11,17,20H,1-2H3. The van der Waals surface area contributed by atoms with Gasteiger partial charge in [0.15, 0.2) is 0 Å². The molecule has 0 bridgehead atoms. The van der Waals surface area contributed by atoms with E-state index >= 15 is 0 Å². The molecule has 0 aliphatic carbocycles. The van der Waals surface area contributed by atoms with Gasteiger partial charge < -0.3 is 15.0 Å². The van der Waals surface area contributed by atoms with Gasteiger partial charge >= 0.3 is 0 Å². The fourth-order valence-electron chi connectivity index (χ4n) is 2.46. The van der Waals surface area contributed by atoms with Crippen molar-refractivity contribution in [3.05, 3.63) is 54.4 Å². The second-order valence-electron chi connectivity index (χ2n) is 4.93. The van der Waals surface area contributed by atoms with Crippen molar-refractivity contribution in [1.29, 1.82) is 0 Å². The Hall–Kier alpha value is -2.49. The predicted octanol–water partition coefficient (Wildman–Crippen LogP) is 3.45. The lowest BCUT2D eigenvalue weighted by Gasteiger charge is -2.15. The lowest BCUT2D eigenvalue weighted by molar-refractivity contribution is 0.475. The average Bonchev–Trinajstić information content (AvgIpc) is 2.77. The third kappa shape index (κ3) is 2.20. The van der Waals surface area contributed by atoms with E-state index < -0.39 is 0 Å². The molecule has 3 rings (SSSR count). The molecule has 102 valence electrons. The van der Waals surface area contributed by atoms with Crippen LogP contribution in [0.1, 0.15) is 18.8 Å². The Kier molecular flexibility index (Phi) is 3.06. The van der Waals surface area contributed by atoms with E-state index in [1.165, 1.54) is 0 Å². The maximum atomic E-state index is 9.50. The Morgan fingerprint density at radius 2 is 1.95 bits per heavy atom. The van der Waals surface area contributed by atoms with E-state index in [9.17, 15) is 5.11 Å². The number of nitrogens with one attached hydrogen (secondary N) is 1. The Morgan fingerprint density at radius 1 is 1.15 bits per heavy atom. The normalized spacial score (nSPS) is 12.5. The zero-order valence-electron chi connectivity index (χ0n) is 11.5. The van der Waals surface area contributed by atoms with Crippen LogP contribution >= 0.6 is 0 Å². The van der Waals surface area contributed by atoms with Crippen molar-refractivity contribution in [2.45, 2.75) is 13.0 Å². The van der Waals surface area contributed by atoms with Crippen LogP contribution in [0.2, 0.25) is 0 Å². The second kappa shape index (κ2) is 4.89. The number of nitrogens with zero attached hydrogens (tertiary/aromatic N) is 2. The molecule has 4 nitrogen and oxygen atoms in total. The molecular formula is C16H17N3O. The molecule has 0 spiro atoms. The largest absolute Gasteiger partial charge is 0.508 e. The highest BCUT2D eigenvalue weighted by Gasteiger charge is 2.14. The monoisotopic (exact) mass is 267 g/mol. The van der Waals surface area contributed by atoms with E-state index in [1.54, 1.807) is 12.1 Å². The van der Waals surface area contributed by atoms with Gasteiger partial charge in [-0.2, -0.15) is 0 Å². The number of anilines is 1. The van der Waals surface area contributed by atoms with E-state index in [0.29, 0.717) is 0 Å². The van der Waals surface area contributed by atoms with Gasteiger partial charge in [-0.1, -0.05) is 18.2 Å². The third-order valence-electron chi connectivity index (χ3n) is 3.44. The van der Waals surface area contributed by atoms with Crippen LogP contribution in [0.4, 0.5) is 5.69 Å². The number of hydrogen-bond acceptors (Lipinski definition) is 3. The maximum Gasteiger partial charge on any atom is 0.131 e. The van der Waals surface area contributed by atoms with Crippen molar-refractivity contribution in [1.82, 2.24) is 9.55 Å². The quantitative estimate of drug-likeness (QED) is 0.764. The molecule has 1 unspecified atom stereocenters. The number of aryl methyl sites for hydroxylation is 1. The van der Waals surface area contributed by atoms with Crippen LogP contribution in [0, 0.1) is 0 Å². The maximum absolute atomic E-state index is 9.50. The molecule has 0 aliphatic rings. The lowest BCUT2D eigenvalue weighted by Crippen LogP contribution is -2.11. The Morgan fingerprint density at radius 3 is 2.70 bits per heavy atom. The summed E-state index contributed by atoms with van der Waals surface area (Å²) in [6.07, 6.45) is 0. The van der Waals surface area contributed by atoms with E-state index in [0.717, 1.165) is 22.5 Å². The zero-order valence-corrected chi connectivity index (χ0v) is 11.5. The fourth-order valence-corrected chi connectivity index (χ4v) is 2.46. The van der Waals surface area contributed by atoms with Crippen LogP contribution in [0.5, 0.6) is 5.75 Å². The summed E-state index contributed by atoms with van der Waals surface area (Å²) < 4.78 is 2.09. The number of aromatic hydroxyl groups is 1. The van der Waals surface area contributed by atoms with Gasteiger partial charge in [0.1, 0.15) is 11.6 Å². The van der Waals surface area contributed by atoms with Gasteiger partial charge in [-0.05, 0) is 31.2 Å². The van der Waals surface area contributed by atoms with Crippen molar-refractivity contribution in [2.75, 3.05) is 5.32 Å². The number of para-hydroxylation sites is 2. The molecular weight excluding hydrogens is 250 g/mol. The van der Waals surface area contributed by atoms with Gasteiger partial charge in [0.05, 0.1) is 17.1 Å². The first kappa shape index (κ1) is 12.5. The Balaban J connectivity index is 1.92. The van der Waals surface area contributed by atoms with Crippen LogP contribution in [0.15, 0.2) is 48.5 Å². The van der Waals surface area contributed by atoms with Crippen molar-refractivity contribution in [3.8, 4) is 5.75 Å². The van der Waals surface area contributed by atoms with Gasteiger partial charge in [0.25, 0.3) is 0 Å². The minimum atomic E-state index is 0.0502. The summed E-state index contributed by atoms with van der Waals surface area (Å²) >= 11 is 0. The first-order valence-corrected chi connectivity index (χ1v) is 6.62. The molecule has 1 aromatic heterocycles. The summed E-state index contributed by atoms with van der Waals surface area (Å²) in [5.41, 5.74) is 2.99. The first-order chi connectivity index (χ1) is 9.65. The molecule has 0 saturated carbocycles. The fraction of sp³-hybridized carbons (Fsp3) is 0.188. The Bertz CT molecular complexity index is 748. The summed E-state index contributed by atoms with van der Waals surface area (Å²) in [5.74, 6) is 1.22. The molecule has 0 fully saturated rings. The Labute approximate surface area is 117 Å². The first-order valence-electron chi connectivity index (χ1n) is 6.62. The van der Waals surface area contributed by atoms with Crippen LogP contribution in [-0.2, 0) is 7.05 Å². The van der Waals surface area contributed by atoms with Gasteiger partial charge in [0.2, 0.25) is 0 Å². The van der Waals surface area contributed by atoms with E-state index in [1.807, 2.05) is 37.4 Å². The molecule has 4 heteroatoms. The topological polar surface area (TPSA) is 50.1 Å². The number of phenolic OH excluding ortho intramolecular Hbond substituents is 1. The van der Waals surface area contributed by atoms with Crippen LogP contribution < -0.4 is 5.32 Å². The van der Waals surface area contributed by atoms with E-state index in [2.05, 4.69) is 27.9 Å². The molecule has 0 aliphatic heterocycles. The van der Waals surface area contributed by atoms with Crippen LogP contribution in [-0.4, -0.2) is 14.7 Å². The third-order valence-corrected chi connectivity index (χ3v) is 3.44. The molecule has 1 atom stereocenters. The molecule has 0 radical (unpaired) electrons. The van der Waals surface area contributed by atoms with Gasteiger partial charge in [0, 0.05) is 18.8 Å². The van der Waals surface area contributed by atoms with E-state index in [4.69, 9.17) is 0 Å². The molecule has 20 heavy (non-hydrogen) atoms. The number of fused-ring (bicyclic) bond motifs is 1. The van der Waals surface area contributed by atoms with Crippen molar-refractivity contribution >= 4 is 16.7 Å². The molecule has 2 aromatic carbocycles. The number of hydrogen-bond donors (Lipinski definition) is 2. The molecule has 3 aromatic rings. The van der Waals surface area contributed by atoms with E-state index in [-0.39, 0.29) is 11.8 Å². The van der Waals surface area contributed by atoms with Crippen LogP contribution in [0.3, 0.4) is 0 Å². The highest BCUT2D eigenvalue weighted by molar-refractivity contribution is 5.76. The molecule has 2 N–H and O–H groups in total. The predicted molar refractivity (Wildman–Crippen MR) is 80.9 cm³/mol. The van der Waals surface area contributed by atoms with Crippen molar-refractivity contribution in [3.63, 3.8) is 0 Å². The van der Waals surface area contributed by atoms with Gasteiger partial charge in [-0.3, -0.25) is 0 Å². The minimum Gasteiger partial charge on any atom is -0.508 e. The van der Waals surface area contributed by atoms with Gasteiger partial charge in [-0.25, -0.2) is 4.98 Å². The lowest BCUT2D eigenvalue weighted by atomic mass is 10.2. The smallest absolute Gasteiger partial charge is 0.131 e. The molecule has 1 heterocycles. The number of rotatable bonds is 3. The summed E-state index contributed by atoms with van der Waals surface area (Å²) in [6, 6.07) is 15.2. The SMILES string of the molecule is CC(Nc1cccc(O)c1)c1nc2ccccc2n1C. The number of phenols is 1. The summed E-state index contributed by atoms with van der Waals surface area (Å²) in [5, 5.41) is 12.9.